The van der Waals surface area contributed by atoms with Gasteiger partial charge in [0.2, 0.25) is 21.8 Å². The number of carbonyl (C=O) groups excluding carboxylic acids is 3. The highest BCUT2D eigenvalue weighted by Crippen LogP contribution is 2.25. The van der Waals surface area contributed by atoms with Crippen molar-refractivity contribution in [2.24, 2.45) is 0 Å². The van der Waals surface area contributed by atoms with Crippen molar-refractivity contribution in [3.8, 4) is 5.75 Å². The Balaban J connectivity index is 1.40. The van der Waals surface area contributed by atoms with Gasteiger partial charge in [0.15, 0.2) is 0 Å². The third-order valence-electron chi connectivity index (χ3n) is 6.04. The van der Waals surface area contributed by atoms with Crippen LogP contribution in [0.15, 0.2) is 47.4 Å². The maximum absolute atomic E-state index is 13.1. The van der Waals surface area contributed by atoms with Crippen LogP contribution in [0.3, 0.4) is 0 Å². The number of likely N-dealkylation sites (N-methyl/N-ethyl adjacent to an activating group) is 1. The zero-order valence-corrected chi connectivity index (χ0v) is 20.3. The normalized spacial score (nSPS) is 16.3. The minimum Gasteiger partial charge on any atom is -0.497 e. The molecule has 1 saturated heterocycles. The first-order valence-corrected chi connectivity index (χ1v) is 12.5. The summed E-state index contributed by atoms with van der Waals surface area (Å²) in [5, 5.41) is 4.98. The molecule has 0 spiro atoms. The third-order valence-corrected chi connectivity index (χ3v) is 7.84. The number of benzene rings is 2. The van der Waals surface area contributed by atoms with Gasteiger partial charge < -0.3 is 25.2 Å². The van der Waals surface area contributed by atoms with Gasteiger partial charge in [0.05, 0.1) is 36.3 Å². The number of carbonyl (C=O) groups is 3. The predicted molar refractivity (Wildman–Crippen MR) is 129 cm³/mol. The molecule has 0 radical (unpaired) electrons. The van der Waals surface area contributed by atoms with Crippen molar-refractivity contribution in [2.45, 2.75) is 4.90 Å². The lowest BCUT2D eigenvalue weighted by Crippen LogP contribution is -2.51. The first-order valence-electron chi connectivity index (χ1n) is 11.0. The number of piperazine rings is 1. The van der Waals surface area contributed by atoms with Crippen LogP contribution < -0.4 is 20.3 Å². The Hall–Kier alpha value is -3.64. The minimum absolute atomic E-state index is 0.0466. The van der Waals surface area contributed by atoms with Gasteiger partial charge >= 0.3 is 0 Å². The molecule has 2 aromatic carbocycles. The van der Waals surface area contributed by atoms with E-state index in [1.165, 1.54) is 25.2 Å². The molecule has 4 rings (SSSR count). The van der Waals surface area contributed by atoms with Gasteiger partial charge in [-0.3, -0.25) is 14.4 Å². The monoisotopic (exact) mass is 501 g/mol. The molecule has 2 N–H and O–H groups in total. The Labute approximate surface area is 203 Å². The summed E-state index contributed by atoms with van der Waals surface area (Å²) in [5.74, 6) is -0.503. The highest BCUT2D eigenvalue weighted by atomic mass is 32.2. The van der Waals surface area contributed by atoms with Crippen LogP contribution in [0.2, 0.25) is 0 Å². The van der Waals surface area contributed by atoms with E-state index in [-0.39, 0.29) is 35.1 Å². The van der Waals surface area contributed by atoms with Crippen molar-refractivity contribution in [1.82, 2.24) is 14.5 Å². The maximum Gasteiger partial charge on any atom is 0.253 e. The predicted octanol–water partition coefficient (Wildman–Crippen LogP) is 0.346. The van der Waals surface area contributed by atoms with Crippen LogP contribution in [0.1, 0.15) is 10.4 Å². The molecule has 2 heterocycles. The number of amides is 3. The molecule has 35 heavy (non-hydrogen) atoms. The number of methoxy groups -OCH3 is 1. The lowest BCUT2D eigenvalue weighted by atomic mass is 10.1. The molecule has 0 atom stereocenters. The summed E-state index contributed by atoms with van der Waals surface area (Å²) in [6, 6.07) is 11.6. The number of hydrogen-bond donors (Lipinski definition) is 2. The highest BCUT2D eigenvalue weighted by Gasteiger charge is 2.29. The smallest absolute Gasteiger partial charge is 0.253 e. The molecule has 11 nitrogen and oxygen atoms in total. The molecule has 2 aliphatic rings. The van der Waals surface area contributed by atoms with Gasteiger partial charge in [-0.15, -0.1) is 0 Å². The van der Waals surface area contributed by atoms with Crippen LogP contribution in [0.4, 0.5) is 11.4 Å². The van der Waals surface area contributed by atoms with Crippen molar-refractivity contribution < 1.29 is 27.5 Å². The molecule has 0 unspecified atom stereocenters. The lowest BCUT2D eigenvalue weighted by Gasteiger charge is -2.36. The summed E-state index contributed by atoms with van der Waals surface area (Å²) < 4.78 is 32.5. The fraction of sp³-hybridized carbons (Fsp3) is 0.348. The molecule has 0 aromatic heterocycles. The van der Waals surface area contributed by atoms with Crippen molar-refractivity contribution >= 4 is 39.1 Å². The molecule has 0 saturated carbocycles. The van der Waals surface area contributed by atoms with Crippen molar-refractivity contribution in [2.75, 3.05) is 63.6 Å². The van der Waals surface area contributed by atoms with Gasteiger partial charge in [0, 0.05) is 45.0 Å². The van der Waals surface area contributed by atoms with E-state index in [4.69, 9.17) is 4.74 Å². The van der Waals surface area contributed by atoms with E-state index >= 15 is 0 Å². The number of sulfonamides is 1. The zero-order valence-electron chi connectivity index (χ0n) is 19.5. The van der Waals surface area contributed by atoms with Gasteiger partial charge in [-0.25, -0.2) is 8.42 Å². The second kappa shape index (κ2) is 9.92. The van der Waals surface area contributed by atoms with Crippen molar-refractivity contribution in [3.05, 3.63) is 48.0 Å². The summed E-state index contributed by atoms with van der Waals surface area (Å²) in [6.45, 7) is 1.62. The number of nitrogens with one attached hydrogen (secondary N) is 2. The van der Waals surface area contributed by atoms with Crippen LogP contribution in [0, 0.1) is 0 Å². The topological polar surface area (TPSA) is 128 Å². The molecule has 0 bridgehead atoms. The van der Waals surface area contributed by atoms with Gasteiger partial charge in [-0.05, 0) is 30.3 Å². The van der Waals surface area contributed by atoms with Gasteiger partial charge in [-0.1, -0.05) is 6.07 Å². The Morgan fingerprint density at radius 3 is 2.54 bits per heavy atom. The van der Waals surface area contributed by atoms with Crippen molar-refractivity contribution in [3.63, 3.8) is 0 Å². The Bertz CT molecular complexity index is 1260. The molecule has 3 amide bonds. The minimum atomic E-state index is -4.05. The fourth-order valence-corrected chi connectivity index (χ4v) is 5.15. The molecular formula is C23H27N5O6S. The highest BCUT2D eigenvalue weighted by molar-refractivity contribution is 7.89. The van der Waals surface area contributed by atoms with E-state index < -0.39 is 21.8 Å². The number of ether oxygens (including phenoxy) is 1. The Morgan fingerprint density at radius 1 is 1.09 bits per heavy atom. The SMILES string of the molecule is COc1cccc(N2CCN(C(=O)CN(C)S(=O)(=O)c3ccc4c(c3)C(=O)NCC(=O)N4)CC2)c1. The number of anilines is 2. The Kier molecular flexibility index (Phi) is 6.94. The van der Waals surface area contributed by atoms with Gasteiger partial charge in [-0.2, -0.15) is 4.31 Å². The van der Waals surface area contributed by atoms with Gasteiger partial charge in [0.25, 0.3) is 5.91 Å². The zero-order chi connectivity index (χ0) is 25.2. The quantitative estimate of drug-likeness (QED) is 0.584. The average Bonchev–Trinajstić information content (AvgIpc) is 3.01. The first kappa shape index (κ1) is 24.5. The van der Waals surface area contributed by atoms with Gasteiger partial charge in [0.1, 0.15) is 5.75 Å². The number of hydrogen-bond acceptors (Lipinski definition) is 7. The van der Waals surface area contributed by atoms with E-state index in [1.807, 2.05) is 24.3 Å². The summed E-state index contributed by atoms with van der Waals surface area (Å²) in [5.41, 5.74) is 1.28. The second-order valence-electron chi connectivity index (χ2n) is 8.27. The molecule has 1 fully saturated rings. The first-order chi connectivity index (χ1) is 16.7. The standard InChI is InChI=1S/C23H27N5O6S/c1-26(35(32,33)18-6-7-20-19(13-18)23(31)24-14-21(29)25-20)15-22(30)28-10-8-27(9-11-28)16-4-3-5-17(12-16)34-2/h3-7,12-13H,8-11,14-15H2,1-2H3,(H,24,31)(H,25,29). The Morgan fingerprint density at radius 2 is 1.83 bits per heavy atom. The van der Waals surface area contributed by atoms with E-state index in [0.29, 0.717) is 26.2 Å². The number of rotatable bonds is 6. The summed E-state index contributed by atoms with van der Waals surface area (Å²) in [6.07, 6.45) is 0. The summed E-state index contributed by atoms with van der Waals surface area (Å²) >= 11 is 0. The third kappa shape index (κ3) is 5.23. The van der Waals surface area contributed by atoms with E-state index in [0.717, 1.165) is 15.7 Å². The van der Waals surface area contributed by atoms with Crippen molar-refractivity contribution in [1.29, 1.82) is 0 Å². The van der Waals surface area contributed by atoms with Crippen LogP contribution in [0.25, 0.3) is 0 Å². The van der Waals surface area contributed by atoms with Crippen LogP contribution in [-0.2, 0) is 19.6 Å². The summed E-state index contributed by atoms with van der Waals surface area (Å²) in [4.78, 5) is 40.5. The molecule has 2 aliphatic heterocycles. The van der Waals surface area contributed by atoms with Crippen LogP contribution >= 0.6 is 0 Å². The second-order valence-corrected chi connectivity index (χ2v) is 10.3. The molecule has 186 valence electrons. The molecule has 2 aromatic rings. The molecular weight excluding hydrogens is 474 g/mol. The van der Waals surface area contributed by atoms with Crippen LogP contribution in [-0.4, -0.2) is 88.8 Å². The largest absolute Gasteiger partial charge is 0.497 e. The molecule has 12 heteroatoms. The van der Waals surface area contributed by atoms with E-state index in [1.54, 1.807) is 12.0 Å². The summed E-state index contributed by atoms with van der Waals surface area (Å²) in [7, 11) is -1.11. The number of nitrogens with zero attached hydrogens (tertiary/aromatic N) is 3. The maximum atomic E-state index is 13.1. The lowest BCUT2D eigenvalue weighted by molar-refractivity contribution is -0.131. The van der Waals surface area contributed by atoms with Crippen LogP contribution in [0.5, 0.6) is 5.75 Å². The fourth-order valence-electron chi connectivity index (χ4n) is 4.01. The average molecular weight is 502 g/mol. The van der Waals surface area contributed by atoms with E-state index in [2.05, 4.69) is 15.5 Å². The number of fused-ring (bicyclic) bond motifs is 1. The van der Waals surface area contributed by atoms with E-state index in [9.17, 15) is 22.8 Å². The molecule has 0 aliphatic carbocycles.